The van der Waals surface area contributed by atoms with E-state index in [9.17, 15) is 14.7 Å². The van der Waals surface area contributed by atoms with Crippen molar-refractivity contribution < 1.29 is 19.8 Å². The Balaban J connectivity index is 2.10. The second-order valence-electron chi connectivity index (χ2n) is 5.36. The van der Waals surface area contributed by atoms with Crippen molar-refractivity contribution in [2.75, 3.05) is 11.9 Å². The van der Waals surface area contributed by atoms with Gasteiger partial charge in [-0.3, -0.25) is 0 Å². The summed E-state index contributed by atoms with van der Waals surface area (Å²) in [6, 6.07) is 3.78. The molecule has 1 heterocycles. The quantitative estimate of drug-likeness (QED) is 0.731. The molecular weight excluding hydrogens is 272 g/mol. The van der Waals surface area contributed by atoms with Crippen LogP contribution < -0.4 is 5.32 Å². The highest BCUT2D eigenvalue weighted by Gasteiger charge is 2.22. The largest absolute Gasteiger partial charge is 0.506 e. The molecule has 21 heavy (non-hydrogen) atoms. The molecule has 1 saturated heterocycles. The SMILES string of the molecule is CC1CCCCCN1C(=O)Nc1ccc(C(=O)O)cc1O. The van der Waals surface area contributed by atoms with Gasteiger partial charge in [0.15, 0.2) is 0 Å². The van der Waals surface area contributed by atoms with E-state index in [0.29, 0.717) is 6.54 Å². The number of hydrogen-bond acceptors (Lipinski definition) is 3. The van der Waals surface area contributed by atoms with Gasteiger partial charge in [0.1, 0.15) is 5.75 Å². The molecular formula is C15H20N2O4. The summed E-state index contributed by atoms with van der Waals surface area (Å²) in [5, 5.41) is 21.3. The van der Waals surface area contributed by atoms with Gasteiger partial charge in [-0.15, -0.1) is 0 Å². The standard InChI is InChI=1S/C15H20N2O4/c1-10-5-3-2-4-8-17(10)15(21)16-12-7-6-11(14(19)20)9-13(12)18/h6-7,9-10,18H,2-5,8H2,1H3,(H,16,21)(H,19,20). The Morgan fingerprint density at radius 1 is 1.29 bits per heavy atom. The zero-order valence-corrected chi connectivity index (χ0v) is 12.0. The number of carbonyl (C=O) groups excluding carboxylic acids is 1. The van der Waals surface area contributed by atoms with Gasteiger partial charge >= 0.3 is 12.0 Å². The number of phenols is 1. The maximum Gasteiger partial charge on any atom is 0.335 e. The van der Waals surface area contributed by atoms with Crippen LogP contribution in [0.3, 0.4) is 0 Å². The summed E-state index contributed by atoms with van der Waals surface area (Å²) >= 11 is 0. The summed E-state index contributed by atoms with van der Waals surface area (Å²) in [5.74, 6) is -1.37. The number of anilines is 1. The first-order valence-electron chi connectivity index (χ1n) is 7.13. The summed E-state index contributed by atoms with van der Waals surface area (Å²) in [6.45, 7) is 2.71. The van der Waals surface area contributed by atoms with Crippen molar-refractivity contribution in [1.82, 2.24) is 4.90 Å². The monoisotopic (exact) mass is 292 g/mol. The number of urea groups is 1. The van der Waals surface area contributed by atoms with Crippen molar-refractivity contribution in [3.63, 3.8) is 0 Å². The molecule has 0 aliphatic carbocycles. The molecule has 2 rings (SSSR count). The summed E-state index contributed by atoms with van der Waals surface area (Å²) < 4.78 is 0. The van der Waals surface area contributed by atoms with Crippen LogP contribution in [-0.2, 0) is 0 Å². The molecule has 1 fully saturated rings. The number of carbonyl (C=O) groups is 2. The van der Waals surface area contributed by atoms with E-state index in [1.165, 1.54) is 12.1 Å². The number of phenolic OH excluding ortho intramolecular Hbond substituents is 1. The third-order valence-corrected chi connectivity index (χ3v) is 3.80. The van der Waals surface area contributed by atoms with Gasteiger partial charge < -0.3 is 20.4 Å². The minimum atomic E-state index is -1.12. The van der Waals surface area contributed by atoms with Crippen molar-refractivity contribution in [3.05, 3.63) is 23.8 Å². The minimum absolute atomic E-state index is 0.0198. The van der Waals surface area contributed by atoms with Crippen LogP contribution in [0, 0.1) is 0 Å². The molecule has 0 bridgehead atoms. The van der Waals surface area contributed by atoms with Crippen LogP contribution in [0.4, 0.5) is 10.5 Å². The smallest absolute Gasteiger partial charge is 0.335 e. The molecule has 1 aliphatic rings. The highest BCUT2D eigenvalue weighted by molar-refractivity contribution is 5.93. The average molecular weight is 292 g/mol. The Kier molecular flexibility index (Phi) is 4.67. The van der Waals surface area contributed by atoms with E-state index in [1.807, 2.05) is 6.92 Å². The maximum absolute atomic E-state index is 12.3. The Morgan fingerprint density at radius 3 is 2.71 bits per heavy atom. The van der Waals surface area contributed by atoms with Gasteiger partial charge in [-0.1, -0.05) is 12.8 Å². The van der Waals surface area contributed by atoms with Crippen LogP contribution in [0.2, 0.25) is 0 Å². The van der Waals surface area contributed by atoms with E-state index in [1.54, 1.807) is 4.90 Å². The number of nitrogens with one attached hydrogen (secondary N) is 1. The topological polar surface area (TPSA) is 89.9 Å². The van der Waals surface area contributed by atoms with E-state index in [4.69, 9.17) is 5.11 Å². The summed E-state index contributed by atoms with van der Waals surface area (Å²) in [7, 11) is 0. The van der Waals surface area contributed by atoms with Gasteiger partial charge in [0, 0.05) is 12.6 Å². The third kappa shape index (κ3) is 3.65. The molecule has 0 radical (unpaired) electrons. The number of aromatic hydroxyl groups is 1. The lowest BCUT2D eigenvalue weighted by Crippen LogP contribution is -2.41. The van der Waals surface area contributed by atoms with E-state index in [0.717, 1.165) is 31.7 Å². The highest BCUT2D eigenvalue weighted by atomic mass is 16.4. The number of aromatic carboxylic acids is 1. The zero-order chi connectivity index (χ0) is 15.4. The normalized spacial score (nSPS) is 18.9. The first kappa shape index (κ1) is 15.2. The highest BCUT2D eigenvalue weighted by Crippen LogP contribution is 2.25. The molecule has 1 aliphatic heterocycles. The molecule has 3 N–H and O–H groups in total. The van der Waals surface area contributed by atoms with E-state index in [2.05, 4.69) is 5.32 Å². The number of benzene rings is 1. The summed E-state index contributed by atoms with van der Waals surface area (Å²) in [6.07, 6.45) is 4.18. The Hall–Kier alpha value is -2.24. The van der Waals surface area contributed by atoms with Crippen molar-refractivity contribution >= 4 is 17.7 Å². The molecule has 0 saturated carbocycles. The fraction of sp³-hybridized carbons (Fsp3) is 0.467. The van der Waals surface area contributed by atoms with E-state index < -0.39 is 5.97 Å². The molecule has 1 aromatic rings. The van der Waals surface area contributed by atoms with Gasteiger partial charge in [0.05, 0.1) is 11.3 Å². The summed E-state index contributed by atoms with van der Waals surface area (Å²) in [5.41, 5.74) is 0.204. The molecule has 1 unspecified atom stereocenters. The second kappa shape index (κ2) is 6.47. The fourth-order valence-electron chi connectivity index (χ4n) is 2.53. The molecule has 6 nitrogen and oxygen atoms in total. The van der Waals surface area contributed by atoms with Crippen molar-refractivity contribution in [3.8, 4) is 5.75 Å². The van der Waals surface area contributed by atoms with E-state index in [-0.39, 0.29) is 29.1 Å². The summed E-state index contributed by atoms with van der Waals surface area (Å²) in [4.78, 5) is 24.9. The maximum atomic E-state index is 12.3. The van der Waals surface area contributed by atoms with Gasteiger partial charge in [0.25, 0.3) is 0 Å². The van der Waals surface area contributed by atoms with Gasteiger partial charge in [-0.05, 0) is 38.0 Å². The molecule has 6 heteroatoms. The number of hydrogen-bond donors (Lipinski definition) is 3. The van der Waals surface area contributed by atoms with Gasteiger partial charge in [-0.25, -0.2) is 9.59 Å². The second-order valence-corrected chi connectivity index (χ2v) is 5.36. The predicted octanol–water partition coefficient (Wildman–Crippen LogP) is 2.89. The molecule has 114 valence electrons. The number of carboxylic acids is 1. The predicted molar refractivity (Wildman–Crippen MR) is 78.7 cm³/mol. The lowest BCUT2D eigenvalue weighted by Gasteiger charge is -2.27. The minimum Gasteiger partial charge on any atom is -0.506 e. The zero-order valence-electron chi connectivity index (χ0n) is 12.0. The molecule has 0 spiro atoms. The Morgan fingerprint density at radius 2 is 2.05 bits per heavy atom. The van der Waals surface area contributed by atoms with Gasteiger partial charge in [0.2, 0.25) is 0 Å². The van der Waals surface area contributed by atoms with Gasteiger partial charge in [-0.2, -0.15) is 0 Å². The van der Waals surface area contributed by atoms with Crippen LogP contribution >= 0.6 is 0 Å². The Labute approximate surface area is 123 Å². The lowest BCUT2D eigenvalue weighted by molar-refractivity contribution is 0.0696. The third-order valence-electron chi connectivity index (χ3n) is 3.80. The molecule has 1 atom stereocenters. The number of nitrogens with zero attached hydrogens (tertiary/aromatic N) is 1. The van der Waals surface area contributed by atoms with Crippen molar-refractivity contribution in [2.45, 2.75) is 38.6 Å². The fourth-order valence-corrected chi connectivity index (χ4v) is 2.53. The van der Waals surface area contributed by atoms with Crippen molar-refractivity contribution in [2.24, 2.45) is 0 Å². The van der Waals surface area contributed by atoms with Crippen LogP contribution in [0.15, 0.2) is 18.2 Å². The average Bonchev–Trinajstić information content (AvgIpc) is 2.65. The molecule has 2 amide bonds. The number of carboxylic acid groups (broad SMARTS) is 1. The first-order valence-corrected chi connectivity index (χ1v) is 7.13. The van der Waals surface area contributed by atoms with Crippen LogP contribution in [0.1, 0.15) is 43.0 Å². The van der Waals surface area contributed by atoms with Crippen molar-refractivity contribution in [1.29, 1.82) is 0 Å². The van der Waals surface area contributed by atoms with Crippen LogP contribution in [0.25, 0.3) is 0 Å². The van der Waals surface area contributed by atoms with E-state index >= 15 is 0 Å². The van der Waals surface area contributed by atoms with Crippen LogP contribution in [0.5, 0.6) is 5.75 Å². The number of likely N-dealkylation sites (tertiary alicyclic amines) is 1. The molecule has 1 aromatic carbocycles. The Bertz CT molecular complexity index is 544. The number of amides is 2. The van der Waals surface area contributed by atoms with Crippen LogP contribution in [-0.4, -0.2) is 39.7 Å². The first-order chi connectivity index (χ1) is 9.99. The number of rotatable bonds is 2. The lowest BCUT2D eigenvalue weighted by atomic mass is 10.1. The molecule has 0 aromatic heterocycles.